The summed E-state index contributed by atoms with van der Waals surface area (Å²) in [5, 5.41) is 8.44. The molecule has 0 unspecified atom stereocenters. The summed E-state index contributed by atoms with van der Waals surface area (Å²) in [6.07, 6.45) is -0.520. The van der Waals surface area contributed by atoms with Gasteiger partial charge in [0.05, 0.1) is 6.07 Å². The molecular weight excluding hydrogens is 204 g/mol. The van der Waals surface area contributed by atoms with Gasteiger partial charge in [0.15, 0.2) is 0 Å². The normalized spacial score (nSPS) is 9.38. The number of rotatable bonds is 2. The van der Waals surface area contributed by atoms with Gasteiger partial charge >= 0.3 is 6.09 Å². The molecule has 0 radical (unpaired) electrons. The van der Waals surface area contributed by atoms with Crippen molar-refractivity contribution in [2.75, 3.05) is 13.6 Å². The fourth-order valence-corrected chi connectivity index (χ4v) is 1.26. The van der Waals surface area contributed by atoms with Gasteiger partial charge in [0, 0.05) is 7.05 Å². The molecule has 0 heterocycles. The zero-order valence-electron chi connectivity index (χ0n) is 9.65. The Bertz CT molecular complexity index is 435. The number of hydrogen-bond donors (Lipinski definition) is 0. The number of nitrogens with zero attached hydrogens (tertiary/aromatic N) is 2. The molecule has 0 bridgehead atoms. The van der Waals surface area contributed by atoms with Crippen molar-refractivity contribution in [2.24, 2.45) is 0 Å². The fourth-order valence-electron chi connectivity index (χ4n) is 1.26. The van der Waals surface area contributed by atoms with E-state index >= 15 is 0 Å². The summed E-state index contributed by atoms with van der Waals surface area (Å²) in [6, 6.07) is 7.45. The van der Waals surface area contributed by atoms with Crippen LogP contribution in [0.15, 0.2) is 18.2 Å². The van der Waals surface area contributed by atoms with E-state index in [1.165, 1.54) is 11.9 Å². The molecule has 1 aromatic carbocycles. The van der Waals surface area contributed by atoms with Crippen molar-refractivity contribution in [2.45, 2.75) is 13.8 Å². The highest BCUT2D eigenvalue weighted by molar-refractivity contribution is 5.71. The number of ether oxygens (including phenoxy) is 1. The van der Waals surface area contributed by atoms with Crippen molar-refractivity contribution in [3.8, 4) is 11.8 Å². The highest BCUT2D eigenvalue weighted by atomic mass is 16.6. The van der Waals surface area contributed by atoms with Crippen molar-refractivity contribution in [3.63, 3.8) is 0 Å². The summed E-state index contributed by atoms with van der Waals surface area (Å²) < 4.78 is 5.15. The Morgan fingerprint density at radius 1 is 1.50 bits per heavy atom. The molecule has 0 aliphatic heterocycles. The standard InChI is InChI=1S/C12H14N2O2/c1-9-4-5-11(10(2)8-9)16-12(15)14(3)7-6-13/h4-5,8H,7H2,1-3H3. The van der Waals surface area contributed by atoms with E-state index in [-0.39, 0.29) is 6.54 Å². The van der Waals surface area contributed by atoms with Crippen LogP contribution in [0.3, 0.4) is 0 Å². The largest absolute Gasteiger partial charge is 0.415 e. The second kappa shape index (κ2) is 5.17. The maximum absolute atomic E-state index is 11.5. The summed E-state index contributed by atoms with van der Waals surface area (Å²) >= 11 is 0. The maximum Gasteiger partial charge on any atom is 0.415 e. The number of carbonyl (C=O) groups is 1. The lowest BCUT2D eigenvalue weighted by atomic mass is 10.1. The van der Waals surface area contributed by atoms with Crippen LogP contribution < -0.4 is 4.74 Å². The molecule has 1 rings (SSSR count). The van der Waals surface area contributed by atoms with Crippen LogP contribution >= 0.6 is 0 Å². The zero-order chi connectivity index (χ0) is 12.1. The van der Waals surface area contributed by atoms with Gasteiger partial charge in [0.2, 0.25) is 0 Å². The predicted molar refractivity (Wildman–Crippen MR) is 60.2 cm³/mol. The molecule has 0 aromatic heterocycles. The monoisotopic (exact) mass is 218 g/mol. The molecular formula is C12H14N2O2. The smallest absolute Gasteiger partial charge is 0.410 e. The highest BCUT2D eigenvalue weighted by Crippen LogP contribution is 2.19. The Balaban J connectivity index is 2.74. The van der Waals surface area contributed by atoms with Gasteiger partial charge in [-0.3, -0.25) is 4.90 Å². The molecule has 0 atom stereocenters. The van der Waals surface area contributed by atoms with Crippen molar-refractivity contribution < 1.29 is 9.53 Å². The minimum Gasteiger partial charge on any atom is -0.410 e. The molecule has 1 aromatic rings. The molecule has 84 valence electrons. The topological polar surface area (TPSA) is 53.3 Å². The van der Waals surface area contributed by atoms with Crippen LogP contribution in [-0.2, 0) is 0 Å². The summed E-state index contributed by atoms with van der Waals surface area (Å²) in [7, 11) is 1.52. The van der Waals surface area contributed by atoms with Gasteiger partial charge in [-0.1, -0.05) is 17.7 Å². The molecule has 4 heteroatoms. The third kappa shape index (κ3) is 2.99. The van der Waals surface area contributed by atoms with E-state index in [1.54, 1.807) is 6.07 Å². The number of nitriles is 1. The molecule has 0 N–H and O–H groups in total. The SMILES string of the molecule is Cc1ccc(OC(=O)N(C)CC#N)c(C)c1. The second-order valence-corrected chi connectivity index (χ2v) is 3.65. The van der Waals surface area contributed by atoms with Crippen molar-refractivity contribution in [1.29, 1.82) is 5.26 Å². The van der Waals surface area contributed by atoms with E-state index in [0.29, 0.717) is 5.75 Å². The van der Waals surface area contributed by atoms with Crippen molar-refractivity contribution >= 4 is 6.09 Å². The van der Waals surface area contributed by atoms with Gasteiger partial charge in [0.1, 0.15) is 12.3 Å². The molecule has 0 fully saturated rings. The summed E-state index contributed by atoms with van der Waals surface area (Å²) in [4.78, 5) is 12.7. The molecule has 4 nitrogen and oxygen atoms in total. The van der Waals surface area contributed by atoms with Crippen LogP contribution in [0.2, 0.25) is 0 Å². The first-order valence-electron chi connectivity index (χ1n) is 4.91. The lowest BCUT2D eigenvalue weighted by Crippen LogP contribution is -2.30. The van der Waals surface area contributed by atoms with E-state index in [2.05, 4.69) is 0 Å². The van der Waals surface area contributed by atoms with Crippen LogP contribution in [0.1, 0.15) is 11.1 Å². The van der Waals surface area contributed by atoms with Gasteiger partial charge in [-0.2, -0.15) is 5.26 Å². The summed E-state index contributed by atoms with van der Waals surface area (Å²) in [5.74, 6) is 0.528. The molecule has 0 aliphatic carbocycles. The van der Waals surface area contributed by atoms with Crippen molar-refractivity contribution in [3.05, 3.63) is 29.3 Å². The maximum atomic E-state index is 11.5. The van der Waals surface area contributed by atoms with E-state index < -0.39 is 6.09 Å². The summed E-state index contributed by atoms with van der Waals surface area (Å²) in [6.45, 7) is 3.87. The van der Waals surface area contributed by atoms with E-state index in [0.717, 1.165) is 11.1 Å². The number of amides is 1. The van der Waals surface area contributed by atoms with Crippen molar-refractivity contribution in [1.82, 2.24) is 4.90 Å². The van der Waals surface area contributed by atoms with Crippen LogP contribution in [0.25, 0.3) is 0 Å². The Kier molecular flexibility index (Phi) is 3.90. The van der Waals surface area contributed by atoms with E-state index in [1.807, 2.05) is 32.0 Å². The predicted octanol–water partition coefficient (Wildman–Crippen LogP) is 2.26. The molecule has 0 saturated heterocycles. The number of benzene rings is 1. The minimum absolute atomic E-state index is 0.0176. The number of aryl methyl sites for hydroxylation is 2. The highest BCUT2D eigenvalue weighted by Gasteiger charge is 2.11. The van der Waals surface area contributed by atoms with Gasteiger partial charge in [-0.05, 0) is 25.5 Å². The van der Waals surface area contributed by atoms with E-state index in [4.69, 9.17) is 10.00 Å². The van der Waals surface area contributed by atoms with Crippen LogP contribution in [-0.4, -0.2) is 24.6 Å². The number of hydrogen-bond acceptors (Lipinski definition) is 3. The third-order valence-corrected chi connectivity index (χ3v) is 2.15. The van der Waals surface area contributed by atoms with Gasteiger partial charge in [-0.25, -0.2) is 4.79 Å². The fraction of sp³-hybridized carbons (Fsp3) is 0.333. The average molecular weight is 218 g/mol. The Morgan fingerprint density at radius 3 is 2.75 bits per heavy atom. The van der Waals surface area contributed by atoms with Crippen LogP contribution in [0, 0.1) is 25.2 Å². The lowest BCUT2D eigenvalue weighted by Gasteiger charge is -2.14. The van der Waals surface area contributed by atoms with Gasteiger partial charge in [0.25, 0.3) is 0 Å². The molecule has 16 heavy (non-hydrogen) atoms. The number of carbonyl (C=O) groups excluding carboxylic acids is 1. The second-order valence-electron chi connectivity index (χ2n) is 3.65. The van der Waals surface area contributed by atoms with Crippen LogP contribution in [0.4, 0.5) is 4.79 Å². The average Bonchev–Trinajstić information content (AvgIpc) is 2.22. The Morgan fingerprint density at radius 2 is 2.19 bits per heavy atom. The third-order valence-electron chi connectivity index (χ3n) is 2.15. The Hall–Kier alpha value is -2.02. The molecule has 0 saturated carbocycles. The lowest BCUT2D eigenvalue weighted by molar-refractivity contribution is 0.167. The first kappa shape index (κ1) is 12.1. The Labute approximate surface area is 95.0 Å². The first-order chi connectivity index (χ1) is 7.54. The molecule has 1 amide bonds. The minimum atomic E-state index is -0.520. The van der Waals surface area contributed by atoms with Gasteiger partial charge in [-0.15, -0.1) is 0 Å². The van der Waals surface area contributed by atoms with Crippen LogP contribution in [0.5, 0.6) is 5.75 Å². The summed E-state index contributed by atoms with van der Waals surface area (Å²) in [5.41, 5.74) is 2.02. The molecule has 0 aliphatic rings. The van der Waals surface area contributed by atoms with Gasteiger partial charge < -0.3 is 4.74 Å². The van der Waals surface area contributed by atoms with E-state index in [9.17, 15) is 4.79 Å². The first-order valence-corrected chi connectivity index (χ1v) is 4.91. The zero-order valence-corrected chi connectivity index (χ0v) is 9.65. The quantitative estimate of drug-likeness (QED) is 0.715. The molecule has 0 spiro atoms.